The molecule has 0 radical (unpaired) electrons. The van der Waals surface area contributed by atoms with Crippen LogP contribution in [-0.2, 0) is 6.54 Å². The number of amides is 1. The van der Waals surface area contributed by atoms with E-state index in [4.69, 9.17) is 9.84 Å². The van der Waals surface area contributed by atoms with Crippen molar-refractivity contribution in [2.24, 2.45) is 0 Å². The lowest BCUT2D eigenvalue weighted by Gasteiger charge is -2.07. The molecule has 0 unspecified atom stereocenters. The topological polar surface area (TPSA) is 115 Å². The van der Waals surface area contributed by atoms with Gasteiger partial charge in [0.05, 0.1) is 4.92 Å². The summed E-state index contributed by atoms with van der Waals surface area (Å²) < 4.78 is 19.0. The van der Waals surface area contributed by atoms with Gasteiger partial charge in [-0.15, -0.1) is 0 Å². The average molecular weight is 307 g/mol. The highest BCUT2D eigenvalue weighted by Crippen LogP contribution is 2.24. The van der Waals surface area contributed by atoms with Crippen molar-refractivity contribution >= 4 is 11.8 Å². The average Bonchev–Trinajstić information content (AvgIpc) is 2.48. The number of ether oxygens (including phenoxy) is 1. The molecule has 0 aliphatic rings. The van der Waals surface area contributed by atoms with Gasteiger partial charge in [0, 0.05) is 18.7 Å². The summed E-state index contributed by atoms with van der Waals surface area (Å²) in [5.74, 6) is -0.828. The second kappa shape index (κ2) is 6.48. The number of pyridine rings is 1. The molecule has 1 aromatic carbocycles. The van der Waals surface area contributed by atoms with Gasteiger partial charge in [-0.05, 0) is 17.7 Å². The minimum atomic E-state index is -1.21. The predicted octanol–water partition coefficient (Wildman–Crippen LogP) is 2.69. The van der Waals surface area contributed by atoms with Crippen molar-refractivity contribution in [1.82, 2.24) is 10.3 Å². The van der Waals surface area contributed by atoms with Gasteiger partial charge in [0.15, 0.2) is 11.6 Å². The summed E-state index contributed by atoms with van der Waals surface area (Å²) in [6.45, 7) is -0.0394. The van der Waals surface area contributed by atoms with E-state index in [2.05, 4.69) is 10.3 Å². The van der Waals surface area contributed by atoms with Gasteiger partial charge in [-0.3, -0.25) is 10.1 Å². The van der Waals surface area contributed by atoms with Crippen molar-refractivity contribution in [2.45, 2.75) is 6.54 Å². The molecule has 1 amide bonds. The molecule has 0 spiro atoms. The fourth-order valence-electron chi connectivity index (χ4n) is 1.57. The van der Waals surface area contributed by atoms with E-state index in [-0.39, 0.29) is 23.9 Å². The number of nitro groups is 1. The Balaban J connectivity index is 2.09. The van der Waals surface area contributed by atoms with Crippen LogP contribution in [0.3, 0.4) is 0 Å². The molecule has 22 heavy (non-hydrogen) atoms. The van der Waals surface area contributed by atoms with Crippen LogP contribution < -0.4 is 10.1 Å². The maximum Gasteiger partial charge on any atom is 0.404 e. The summed E-state index contributed by atoms with van der Waals surface area (Å²) >= 11 is 0. The molecule has 2 aromatic rings. The van der Waals surface area contributed by atoms with Crippen LogP contribution in [0, 0.1) is 15.9 Å². The maximum atomic E-state index is 13.8. The summed E-state index contributed by atoms with van der Waals surface area (Å²) in [4.78, 5) is 23.9. The number of carbonyl (C=O) groups is 1. The monoisotopic (exact) mass is 307 g/mol. The second-order valence-electron chi connectivity index (χ2n) is 4.14. The fraction of sp³-hybridized carbons (Fsp3) is 0.0769. The number of nitrogens with one attached hydrogen (secondary N) is 1. The molecule has 0 fully saturated rings. The molecular formula is C13H10FN3O5. The number of rotatable bonds is 5. The molecule has 1 aromatic heterocycles. The zero-order valence-corrected chi connectivity index (χ0v) is 11.0. The van der Waals surface area contributed by atoms with Gasteiger partial charge in [0.1, 0.15) is 6.20 Å². The number of hydrogen-bond acceptors (Lipinski definition) is 5. The summed E-state index contributed by atoms with van der Waals surface area (Å²) in [7, 11) is 0. The smallest absolute Gasteiger partial charge is 0.404 e. The van der Waals surface area contributed by atoms with Crippen LogP contribution in [0.15, 0.2) is 36.5 Å². The number of carboxylic acid groups (broad SMARTS) is 1. The van der Waals surface area contributed by atoms with E-state index in [1.807, 2.05) is 0 Å². The van der Waals surface area contributed by atoms with Crippen LogP contribution >= 0.6 is 0 Å². The summed E-state index contributed by atoms with van der Waals surface area (Å²) in [6.07, 6.45) is -0.214. The lowest BCUT2D eigenvalue weighted by molar-refractivity contribution is -0.385. The molecule has 1 heterocycles. The molecule has 0 saturated heterocycles. The third kappa shape index (κ3) is 3.88. The third-order valence-electron chi connectivity index (χ3n) is 2.59. The van der Waals surface area contributed by atoms with Gasteiger partial charge in [-0.2, -0.15) is 0 Å². The highest BCUT2D eigenvalue weighted by molar-refractivity contribution is 5.64. The Labute approximate surface area is 123 Å². The largest absolute Gasteiger partial charge is 0.465 e. The van der Waals surface area contributed by atoms with E-state index in [1.54, 1.807) is 0 Å². The molecule has 2 rings (SSSR count). The first-order valence-corrected chi connectivity index (χ1v) is 5.99. The van der Waals surface area contributed by atoms with Crippen molar-refractivity contribution in [3.63, 3.8) is 0 Å². The molecule has 0 atom stereocenters. The van der Waals surface area contributed by atoms with Crippen molar-refractivity contribution < 1.29 is 24.0 Å². The minimum absolute atomic E-state index is 0.000843. The van der Waals surface area contributed by atoms with E-state index in [0.29, 0.717) is 5.56 Å². The van der Waals surface area contributed by atoms with Crippen LogP contribution in [0.2, 0.25) is 0 Å². The molecule has 0 bridgehead atoms. The zero-order valence-electron chi connectivity index (χ0n) is 11.0. The van der Waals surface area contributed by atoms with Crippen LogP contribution in [0.4, 0.5) is 14.9 Å². The summed E-state index contributed by atoms with van der Waals surface area (Å²) in [5, 5.41) is 21.1. The molecule has 8 nitrogen and oxygen atoms in total. The van der Waals surface area contributed by atoms with Gasteiger partial charge >= 0.3 is 6.09 Å². The van der Waals surface area contributed by atoms with Crippen LogP contribution in [0.25, 0.3) is 0 Å². The van der Waals surface area contributed by atoms with Crippen LogP contribution in [0.1, 0.15) is 5.56 Å². The molecule has 0 aliphatic carbocycles. The van der Waals surface area contributed by atoms with E-state index >= 15 is 0 Å². The van der Waals surface area contributed by atoms with Crippen LogP contribution in [0.5, 0.6) is 11.6 Å². The number of hydrogen-bond donors (Lipinski definition) is 2. The van der Waals surface area contributed by atoms with Crippen molar-refractivity contribution in [3.05, 3.63) is 58.0 Å². The molecule has 9 heteroatoms. The molecule has 0 aliphatic heterocycles. The Morgan fingerprint density at radius 1 is 1.41 bits per heavy atom. The number of nitrogens with zero attached hydrogens (tertiary/aromatic N) is 2. The molecular weight excluding hydrogens is 297 g/mol. The Morgan fingerprint density at radius 3 is 2.73 bits per heavy atom. The Kier molecular flexibility index (Phi) is 4.47. The van der Waals surface area contributed by atoms with E-state index in [1.165, 1.54) is 24.3 Å². The predicted molar refractivity (Wildman–Crippen MR) is 72.2 cm³/mol. The molecule has 114 valence electrons. The van der Waals surface area contributed by atoms with E-state index in [0.717, 1.165) is 12.3 Å². The number of halogens is 1. The fourth-order valence-corrected chi connectivity index (χ4v) is 1.57. The third-order valence-corrected chi connectivity index (χ3v) is 2.59. The van der Waals surface area contributed by atoms with Crippen LogP contribution in [-0.4, -0.2) is 21.1 Å². The van der Waals surface area contributed by atoms with Crippen molar-refractivity contribution in [3.8, 4) is 11.6 Å². The van der Waals surface area contributed by atoms with Gasteiger partial charge in [-0.25, -0.2) is 14.2 Å². The van der Waals surface area contributed by atoms with Gasteiger partial charge in [0.2, 0.25) is 5.88 Å². The normalized spacial score (nSPS) is 10.0. The maximum absolute atomic E-state index is 13.8. The number of benzene rings is 1. The second-order valence-corrected chi connectivity index (χ2v) is 4.14. The van der Waals surface area contributed by atoms with Gasteiger partial charge in [-0.1, -0.05) is 6.07 Å². The summed E-state index contributed by atoms with van der Waals surface area (Å²) in [5.41, 5.74) is 0.215. The van der Waals surface area contributed by atoms with E-state index in [9.17, 15) is 19.3 Å². The minimum Gasteiger partial charge on any atom is -0.465 e. The van der Waals surface area contributed by atoms with E-state index < -0.39 is 16.8 Å². The zero-order chi connectivity index (χ0) is 16.1. The Bertz CT molecular complexity index is 705. The SMILES string of the molecule is O=C(O)NCc1ccc(Oc2ccc([N+](=O)[O-])cn2)c(F)c1. The Hall–Kier alpha value is -3.23. The number of aromatic nitrogens is 1. The van der Waals surface area contributed by atoms with Crippen molar-refractivity contribution in [2.75, 3.05) is 0 Å². The van der Waals surface area contributed by atoms with Gasteiger partial charge < -0.3 is 15.2 Å². The van der Waals surface area contributed by atoms with Crippen molar-refractivity contribution in [1.29, 1.82) is 0 Å². The first-order chi connectivity index (χ1) is 10.5. The summed E-state index contributed by atoms with van der Waals surface area (Å²) in [6, 6.07) is 6.36. The first kappa shape index (κ1) is 15.2. The first-order valence-electron chi connectivity index (χ1n) is 5.99. The standard InChI is InChI=1S/C13H10FN3O5/c14-10-5-8(6-16-13(18)19)1-3-11(10)22-12-4-2-9(7-15-12)17(20)21/h1-5,7,16H,6H2,(H,18,19). The lowest BCUT2D eigenvalue weighted by atomic mass is 10.2. The Morgan fingerprint density at radius 2 is 2.18 bits per heavy atom. The van der Waals surface area contributed by atoms with Gasteiger partial charge in [0.25, 0.3) is 5.69 Å². The quantitative estimate of drug-likeness (QED) is 0.648. The highest BCUT2D eigenvalue weighted by Gasteiger charge is 2.10. The molecule has 2 N–H and O–H groups in total. The highest BCUT2D eigenvalue weighted by atomic mass is 19.1. The molecule has 0 saturated carbocycles. The lowest BCUT2D eigenvalue weighted by Crippen LogP contribution is -2.19.